The molecule has 1 nitrogen and oxygen atoms in total. The molecule has 0 aliphatic heterocycles. The van der Waals surface area contributed by atoms with Gasteiger partial charge in [-0.3, -0.25) is 0 Å². The highest BCUT2D eigenvalue weighted by molar-refractivity contribution is 8.45. The highest BCUT2D eigenvalue weighted by atomic mass is 32.5. The molecule has 0 saturated heterocycles. The number of nitrogen functional groups attached to an aromatic ring is 1. The molecule has 0 aliphatic carbocycles. The minimum atomic E-state index is -9.57. The predicted octanol–water partition coefficient (Wildman–Crippen LogP) is 5.26. The Hall–Kier alpha value is -0.980. The molecule has 0 unspecified atom stereocenters. The monoisotopic (exact) mass is 263 g/mol. The summed E-state index contributed by atoms with van der Waals surface area (Å²) in [5, 5.41) is 0. The van der Waals surface area contributed by atoms with Crippen molar-refractivity contribution in [3.05, 3.63) is 23.8 Å². The molecule has 1 rings (SSSR count). The van der Waals surface area contributed by atoms with Gasteiger partial charge in [-0.25, -0.2) is 0 Å². The molecular weight excluding hydrogens is 249 g/mol. The second-order valence-corrected chi connectivity index (χ2v) is 5.40. The fourth-order valence-electron chi connectivity index (χ4n) is 0.859. The minimum absolute atomic E-state index is 0.261. The summed E-state index contributed by atoms with van der Waals surface area (Å²) in [7, 11) is -9.57. The van der Waals surface area contributed by atoms with Crippen LogP contribution in [0.4, 0.5) is 25.1 Å². The van der Waals surface area contributed by atoms with Gasteiger partial charge in [0.25, 0.3) is 0 Å². The lowest BCUT2D eigenvalue weighted by Gasteiger charge is -2.40. The average Bonchev–Trinajstić information content (AvgIpc) is 2.09. The number of rotatable bonds is 1. The third-order valence-corrected chi connectivity index (χ3v) is 2.84. The smallest absolute Gasteiger partial charge is 0.310 e. The summed E-state index contributed by atoms with van der Waals surface area (Å²) < 4.78 is 61.0. The van der Waals surface area contributed by atoms with Gasteiger partial charge in [-0.05, 0) is 24.6 Å². The van der Waals surface area contributed by atoms with Crippen LogP contribution < -0.4 is 5.73 Å². The van der Waals surface area contributed by atoms with Crippen LogP contribution in [-0.2, 0) is 0 Å². The zero-order chi connectivity index (χ0) is 13.3. The molecule has 0 fully saturated rings. The van der Waals surface area contributed by atoms with Gasteiger partial charge in [0.05, 0.1) is 0 Å². The van der Waals surface area contributed by atoms with E-state index in [4.69, 9.17) is 5.73 Å². The maximum absolute atomic E-state index is 12.2. The standard InChI is InChI=1S/C7H8F5NS.C2H6/c1-5-2-3-6(4-7(5)13)14(8,9,10,11)12;1-2/h2-4H,13H2,1H3;1-2H3. The molecule has 0 aliphatic rings. The predicted molar refractivity (Wildman–Crippen MR) is 58.3 cm³/mol. The zero-order valence-corrected chi connectivity index (χ0v) is 9.92. The van der Waals surface area contributed by atoms with Gasteiger partial charge in [0.2, 0.25) is 0 Å². The van der Waals surface area contributed by atoms with Crippen LogP contribution in [0.1, 0.15) is 19.4 Å². The molecule has 0 heterocycles. The van der Waals surface area contributed by atoms with Crippen LogP contribution in [0.3, 0.4) is 0 Å². The van der Waals surface area contributed by atoms with Crippen LogP contribution in [-0.4, -0.2) is 0 Å². The summed E-state index contributed by atoms with van der Waals surface area (Å²) >= 11 is 0. The van der Waals surface area contributed by atoms with Crippen LogP contribution >= 0.6 is 10.2 Å². The second kappa shape index (κ2) is 3.51. The Labute approximate surface area is 91.2 Å². The molecule has 0 aromatic heterocycles. The van der Waals surface area contributed by atoms with Crippen LogP contribution in [0.5, 0.6) is 0 Å². The van der Waals surface area contributed by atoms with Gasteiger partial charge in [0.1, 0.15) is 4.90 Å². The Morgan fingerprint density at radius 1 is 1.00 bits per heavy atom. The van der Waals surface area contributed by atoms with Crippen LogP contribution in [0.2, 0.25) is 0 Å². The summed E-state index contributed by atoms with van der Waals surface area (Å²) in [4.78, 5) is -1.95. The maximum Gasteiger partial charge on any atom is 0.310 e. The molecule has 1 aromatic rings. The normalized spacial score (nSPS) is 15.5. The van der Waals surface area contributed by atoms with E-state index in [0.717, 1.165) is 6.07 Å². The first-order chi connectivity index (χ1) is 6.90. The average molecular weight is 263 g/mol. The van der Waals surface area contributed by atoms with Crippen molar-refractivity contribution in [2.45, 2.75) is 25.7 Å². The van der Waals surface area contributed by atoms with E-state index < -0.39 is 15.1 Å². The van der Waals surface area contributed by atoms with E-state index in [0.29, 0.717) is 11.6 Å². The third-order valence-electron chi connectivity index (χ3n) is 1.70. The number of hydrogen-bond acceptors (Lipinski definition) is 1. The van der Waals surface area contributed by atoms with Gasteiger partial charge in [0.15, 0.2) is 0 Å². The summed E-state index contributed by atoms with van der Waals surface area (Å²) in [6.07, 6.45) is 0. The Kier molecular flexibility index (Phi) is 3.30. The van der Waals surface area contributed by atoms with Gasteiger partial charge >= 0.3 is 10.2 Å². The number of anilines is 1. The minimum Gasteiger partial charge on any atom is -0.398 e. The highest BCUT2D eigenvalue weighted by Crippen LogP contribution is 3.02. The summed E-state index contributed by atoms with van der Waals surface area (Å²) in [5.74, 6) is 0. The van der Waals surface area contributed by atoms with Crippen molar-refractivity contribution in [2.75, 3.05) is 5.73 Å². The molecule has 0 saturated carbocycles. The van der Waals surface area contributed by atoms with E-state index in [1.165, 1.54) is 6.92 Å². The SMILES string of the molecule is CC.Cc1ccc(S(F)(F)(F)(F)F)cc1N. The van der Waals surface area contributed by atoms with Crippen LogP contribution in [0, 0.1) is 6.92 Å². The Morgan fingerprint density at radius 3 is 1.75 bits per heavy atom. The number of nitrogens with two attached hydrogens (primary N) is 1. The van der Waals surface area contributed by atoms with Crippen molar-refractivity contribution in [3.8, 4) is 0 Å². The van der Waals surface area contributed by atoms with E-state index in [1.54, 1.807) is 0 Å². The van der Waals surface area contributed by atoms with Gasteiger partial charge in [-0.15, -0.1) is 0 Å². The second-order valence-electron chi connectivity index (χ2n) is 2.99. The van der Waals surface area contributed by atoms with E-state index in [9.17, 15) is 19.4 Å². The van der Waals surface area contributed by atoms with Gasteiger partial charge in [-0.1, -0.05) is 39.3 Å². The molecule has 0 bridgehead atoms. The van der Waals surface area contributed by atoms with E-state index in [1.807, 2.05) is 13.8 Å². The first-order valence-electron chi connectivity index (χ1n) is 4.50. The number of hydrogen-bond donors (Lipinski definition) is 1. The van der Waals surface area contributed by atoms with Crippen molar-refractivity contribution < 1.29 is 19.4 Å². The molecule has 96 valence electrons. The molecule has 2 N–H and O–H groups in total. The Bertz CT molecular complexity index is 384. The zero-order valence-electron chi connectivity index (χ0n) is 9.11. The van der Waals surface area contributed by atoms with Crippen molar-refractivity contribution >= 4 is 15.9 Å². The van der Waals surface area contributed by atoms with E-state index >= 15 is 0 Å². The summed E-state index contributed by atoms with van der Waals surface area (Å²) in [6, 6.07) is 1.52. The van der Waals surface area contributed by atoms with E-state index in [2.05, 4.69) is 0 Å². The first-order valence-corrected chi connectivity index (χ1v) is 6.45. The third kappa shape index (κ3) is 3.88. The molecule has 0 spiro atoms. The molecule has 16 heavy (non-hydrogen) atoms. The first kappa shape index (κ1) is 15.0. The van der Waals surface area contributed by atoms with Gasteiger partial charge < -0.3 is 5.73 Å². The van der Waals surface area contributed by atoms with Crippen LogP contribution in [0.15, 0.2) is 23.1 Å². The number of benzene rings is 1. The van der Waals surface area contributed by atoms with Crippen molar-refractivity contribution in [2.24, 2.45) is 0 Å². The Morgan fingerprint density at radius 2 is 1.44 bits per heavy atom. The van der Waals surface area contributed by atoms with Gasteiger partial charge in [0, 0.05) is 5.69 Å². The summed E-state index contributed by atoms with van der Waals surface area (Å²) in [5.41, 5.74) is 5.15. The number of halogens is 5. The maximum atomic E-state index is 12.2. The lowest BCUT2D eigenvalue weighted by molar-refractivity contribution is 0.364. The fourth-order valence-corrected chi connectivity index (χ4v) is 1.53. The highest BCUT2D eigenvalue weighted by Gasteiger charge is 2.65. The molecule has 0 radical (unpaired) electrons. The fraction of sp³-hybridized carbons (Fsp3) is 0.333. The molecule has 0 atom stereocenters. The number of aryl methyl sites for hydroxylation is 1. The van der Waals surface area contributed by atoms with Crippen molar-refractivity contribution in [1.29, 1.82) is 0 Å². The quantitative estimate of drug-likeness (QED) is 0.542. The topological polar surface area (TPSA) is 26.0 Å². The molecule has 1 aromatic carbocycles. The molecule has 0 amide bonds. The molecular formula is C9H14F5NS. The van der Waals surface area contributed by atoms with Gasteiger partial charge in [-0.2, -0.15) is 0 Å². The van der Waals surface area contributed by atoms with Crippen molar-refractivity contribution in [3.63, 3.8) is 0 Å². The van der Waals surface area contributed by atoms with Crippen molar-refractivity contribution in [1.82, 2.24) is 0 Å². The Balaban J connectivity index is 0.00000106. The summed E-state index contributed by atoms with van der Waals surface area (Å²) in [6.45, 7) is 5.44. The lowest BCUT2D eigenvalue weighted by Crippen LogP contribution is -2.06. The molecule has 7 heteroatoms. The van der Waals surface area contributed by atoms with Crippen LogP contribution in [0.25, 0.3) is 0 Å². The largest absolute Gasteiger partial charge is 0.398 e. The van der Waals surface area contributed by atoms with E-state index in [-0.39, 0.29) is 11.8 Å². The lowest BCUT2D eigenvalue weighted by atomic mass is 10.2.